The Morgan fingerprint density at radius 2 is 2.17 bits per heavy atom. The van der Waals surface area contributed by atoms with Crippen LogP contribution in [0.4, 0.5) is 0 Å². The van der Waals surface area contributed by atoms with E-state index in [0.29, 0.717) is 11.8 Å². The summed E-state index contributed by atoms with van der Waals surface area (Å²) < 4.78 is 5.49. The van der Waals surface area contributed by atoms with Crippen molar-refractivity contribution in [1.82, 2.24) is 0 Å². The minimum atomic E-state index is -0.873. The summed E-state index contributed by atoms with van der Waals surface area (Å²) in [5.41, 5.74) is 2.43. The van der Waals surface area contributed by atoms with Crippen LogP contribution in [0.5, 0.6) is 0 Å². The Kier molecular flexibility index (Phi) is 3.84. The van der Waals surface area contributed by atoms with Crippen molar-refractivity contribution in [3.8, 4) is 12.3 Å². The maximum atomic E-state index is 11.2. The molecule has 0 aliphatic heterocycles. The fourth-order valence-electron chi connectivity index (χ4n) is 6.83. The van der Waals surface area contributed by atoms with Crippen LogP contribution in [-0.2, 0) is 4.74 Å². The van der Waals surface area contributed by atoms with Gasteiger partial charge in [0.25, 0.3) is 0 Å². The molecule has 4 aliphatic rings. The molecule has 2 saturated carbocycles. The molecular formula is C22H30O2. The predicted octanol–water partition coefficient (Wildman–Crippen LogP) is 4.60. The number of aliphatic hydroxyl groups is 1. The number of fused-ring (bicyclic) bond motifs is 4. The lowest BCUT2D eigenvalue weighted by molar-refractivity contribution is -0.0855. The lowest BCUT2D eigenvalue weighted by Crippen LogP contribution is -2.52. The standard InChI is InChI=1S/C22H30O2/c1-4-21-12-10-18-17-9-7-16(24-3)14-15(17)6-8-19(18)20(21)11-13-22(21,23)5-2/h2,7,18-20,23H,4,6,8-14H2,1,3H3/t18-,19+,20+,21+,22-/m1/s1. The van der Waals surface area contributed by atoms with Gasteiger partial charge in [-0.3, -0.25) is 0 Å². The summed E-state index contributed by atoms with van der Waals surface area (Å²) in [4.78, 5) is 0. The summed E-state index contributed by atoms with van der Waals surface area (Å²) >= 11 is 0. The minimum Gasteiger partial charge on any atom is -0.501 e. The first kappa shape index (κ1) is 16.3. The number of allylic oxidation sites excluding steroid dienone is 3. The highest BCUT2D eigenvalue weighted by Crippen LogP contribution is 2.65. The van der Waals surface area contributed by atoms with Gasteiger partial charge in [-0.25, -0.2) is 0 Å². The van der Waals surface area contributed by atoms with Crippen molar-refractivity contribution in [2.24, 2.45) is 23.2 Å². The van der Waals surface area contributed by atoms with E-state index in [-0.39, 0.29) is 5.41 Å². The zero-order valence-electron chi connectivity index (χ0n) is 15.1. The highest BCUT2D eigenvalue weighted by atomic mass is 16.5. The first-order chi connectivity index (χ1) is 11.6. The van der Waals surface area contributed by atoms with Crippen molar-refractivity contribution >= 4 is 0 Å². The second-order valence-electron chi connectivity index (χ2n) is 8.39. The van der Waals surface area contributed by atoms with Gasteiger partial charge >= 0.3 is 0 Å². The van der Waals surface area contributed by atoms with Gasteiger partial charge in [0.05, 0.1) is 12.9 Å². The highest BCUT2D eigenvalue weighted by Gasteiger charge is 2.62. The van der Waals surface area contributed by atoms with Gasteiger partial charge in [-0.1, -0.05) is 24.0 Å². The van der Waals surface area contributed by atoms with Crippen LogP contribution >= 0.6 is 0 Å². The summed E-state index contributed by atoms with van der Waals surface area (Å²) in [5.74, 6) is 6.00. The second-order valence-corrected chi connectivity index (χ2v) is 8.39. The highest BCUT2D eigenvalue weighted by molar-refractivity contribution is 5.34. The van der Waals surface area contributed by atoms with Gasteiger partial charge in [-0.2, -0.15) is 0 Å². The molecule has 0 spiro atoms. The summed E-state index contributed by atoms with van der Waals surface area (Å²) in [6.45, 7) is 2.24. The fraction of sp³-hybridized carbons (Fsp3) is 0.727. The Labute approximate surface area is 146 Å². The van der Waals surface area contributed by atoms with Crippen LogP contribution in [0.2, 0.25) is 0 Å². The quantitative estimate of drug-likeness (QED) is 0.594. The van der Waals surface area contributed by atoms with E-state index in [1.807, 2.05) is 0 Å². The Bertz CT molecular complexity index is 637. The molecule has 0 unspecified atom stereocenters. The number of hydrogen-bond acceptors (Lipinski definition) is 2. The molecule has 0 aromatic rings. The molecule has 0 bridgehead atoms. The SMILES string of the molecule is C#C[C@@]1(O)CC[C@H]2[C@H]3CCC4=C(CC=C(OC)C4)[C@H]3CC[C@@]21CC. The molecule has 0 aromatic carbocycles. The topological polar surface area (TPSA) is 29.5 Å². The molecule has 130 valence electrons. The second kappa shape index (κ2) is 5.67. The number of ether oxygens (including phenoxy) is 1. The van der Waals surface area contributed by atoms with E-state index in [1.165, 1.54) is 19.3 Å². The van der Waals surface area contributed by atoms with Crippen LogP contribution < -0.4 is 0 Å². The van der Waals surface area contributed by atoms with E-state index in [4.69, 9.17) is 11.2 Å². The average molecular weight is 326 g/mol. The van der Waals surface area contributed by atoms with E-state index in [2.05, 4.69) is 18.9 Å². The summed E-state index contributed by atoms with van der Waals surface area (Å²) in [6.07, 6.45) is 17.9. The van der Waals surface area contributed by atoms with Crippen molar-refractivity contribution in [2.75, 3.05) is 7.11 Å². The zero-order chi connectivity index (χ0) is 16.9. The largest absolute Gasteiger partial charge is 0.501 e. The molecule has 4 rings (SSSR count). The third-order valence-corrected chi connectivity index (χ3v) is 8.04. The Morgan fingerprint density at radius 3 is 2.88 bits per heavy atom. The summed E-state index contributed by atoms with van der Waals surface area (Å²) in [6, 6.07) is 0. The van der Waals surface area contributed by atoms with Gasteiger partial charge < -0.3 is 9.84 Å². The molecule has 0 saturated heterocycles. The molecular weight excluding hydrogens is 296 g/mol. The first-order valence-electron chi connectivity index (χ1n) is 9.72. The monoisotopic (exact) mass is 326 g/mol. The van der Waals surface area contributed by atoms with Crippen molar-refractivity contribution in [2.45, 2.75) is 70.3 Å². The third kappa shape index (κ3) is 2.00. The Morgan fingerprint density at radius 1 is 1.33 bits per heavy atom. The van der Waals surface area contributed by atoms with Crippen LogP contribution in [0.1, 0.15) is 64.7 Å². The molecule has 2 nitrogen and oxygen atoms in total. The van der Waals surface area contributed by atoms with E-state index >= 15 is 0 Å². The van der Waals surface area contributed by atoms with Gasteiger partial charge in [-0.05, 0) is 75.2 Å². The lowest BCUT2D eigenvalue weighted by Gasteiger charge is -2.54. The van der Waals surface area contributed by atoms with E-state index < -0.39 is 5.60 Å². The zero-order valence-corrected chi connectivity index (χ0v) is 15.1. The lowest BCUT2D eigenvalue weighted by atomic mass is 9.51. The van der Waals surface area contributed by atoms with Gasteiger partial charge in [0.1, 0.15) is 5.60 Å². The molecule has 0 aromatic heterocycles. The molecule has 24 heavy (non-hydrogen) atoms. The normalized spacial score (nSPS) is 44.1. The van der Waals surface area contributed by atoms with Crippen molar-refractivity contribution in [1.29, 1.82) is 0 Å². The van der Waals surface area contributed by atoms with E-state index in [1.54, 1.807) is 18.3 Å². The maximum absolute atomic E-state index is 11.2. The molecule has 2 fully saturated rings. The molecule has 0 amide bonds. The fourth-order valence-corrected chi connectivity index (χ4v) is 6.83. The van der Waals surface area contributed by atoms with Crippen molar-refractivity contribution < 1.29 is 9.84 Å². The minimum absolute atomic E-state index is 0.0385. The van der Waals surface area contributed by atoms with Crippen molar-refractivity contribution in [3.05, 3.63) is 23.0 Å². The average Bonchev–Trinajstić information content (AvgIpc) is 2.94. The summed E-state index contributed by atoms with van der Waals surface area (Å²) in [7, 11) is 1.79. The van der Waals surface area contributed by atoms with E-state index in [0.717, 1.165) is 50.2 Å². The predicted molar refractivity (Wildman–Crippen MR) is 96.0 cm³/mol. The maximum Gasteiger partial charge on any atom is 0.131 e. The van der Waals surface area contributed by atoms with Gasteiger partial charge in [0, 0.05) is 11.8 Å². The molecule has 1 N–H and O–H groups in total. The molecule has 0 radical (unpaired) electrons. The van der Waals surface area contributed by atoms with Crippen molar-refractivity contribution in [3.63, 3.8) is 0 Å². The Balaban J connectivity index is 1.65. The number of hydrogen-bond donors (Lipinski definition) is 1. The van der Waals surface area contributed by atoms with Crippen LogP contribution in [0.25, 0.3) is 0 Å². The van der Waals surface area contributed by atoms with Gasteiger partial charge in [0.15, 0.2) is 0 Å². The van der Waals surface area contributed by atoms with Crippen LogP contribution in [0.15, 0.2) is 23.0 Å². The molecule has 5 atom stereocenters. The number of rotatable bonds is 2. The number of terminal acetylenes is 1. The third-order valence-electron chi connectivity index (χ3n) is 8.04. The Hall–Kier alpha value is -1.20. The van der Waals surface area contributed by atoms with E-state index in [9.17, 15) is 5.11 Å². The first-order valence-corrected chi connectivity index (χ1v) is 9.72. The number of methoxy groups -OCH3 is 1. The molecule has 4 aliphatic carbocycles. The van der Waals surface area contributed by atoms with Crippen LogP contribution in [-0.4, -0.2) is 17.8 Å². The smallest absolute Gasteiger partial charge is 0.131 e. The van der Waals surface area contributed by atoms with Crippen LogP contribution in [0.3, 0.4) is 0 Å². The summed E-state index contributed by atoms with van der Waals surface area (Å²) in [5, 5.41) is 11.2. The van der Waals surface area contributed by atoms with Gasteiger partial charge in [-0.15, -0.1) is 6.42 Å². The molecule has 2 heteroatoms. The molecule has 0 heterocycles. The van der Waals surface area contributed by atoms with Gasteiger partial charge in [0.2, 0.25) is 0 Å². The van der Waals surface area contributed by atoms with Crippen LogP contribution in [0, 0.1) is 35.5 Å².